The second kappa shape index (κ2) is 10.4. The van der Waals surface area contributed by atoms with Crippen molar-refractivity contribution in [3.63, 3.8) is 0 Å². The quantitative estimate of drug-likeness (QED) is 0.366. The number of halogens is 1. The summed E-state index contributed by atoms with van der Waals surface area (Å²) in [5.41, 5.74) is 1.89. The van der Waals surface area contributed by atoms with Crippen molar-refractivity contribution < 1.29 is 23.4 Å². The summed E-state index contributed by atoms with van der Waals surface area (Å²) >= 11 is 0. The Bertz CT molecular complexity index is 848. The van der Waals surface area contributed by atoms with E-state index in [1.807, 2.05) is 31.2 Å². The zero-order valence-corrected chi connectivity index (χ0v) is 17.9. The SMILES string of the molecule is CCCCOc1cc(C2CCC(F)CN2)c(OC)c(C)c1C(=O)Oc1ccccc1. The number of unbranched alkanes of at least 4 members (excludes halogenated alkanes) is 1. The smallest absolute Gasteiger partial charge is 0.347 e. The van der Waals surface area contributed by atoms with Crippen molar-refractivity contribution in [3.8, 4) is 17.2 Å². The molecule has 30 heavy (non-hydrogen) atoms. The van der Waals surface area contributed by atoms with E-state index in [4.69, 9.17) is 14.2 Å². The predicted octanol–water partition coefficient (Wildman–Crippen LogP) is 5.16. The van der Waals surface area contributed by atoms with Crippen LogP contribution in [0.2, 0.25) is 0 Å². The highest BCUT2D eigenvalue weighted by Crippen LogP contribution is 2.40. The highest BCUT2D eigenvalue weighted by molar-refractivity contribution is 5.96. The van der Waals surface area contributed by atoms with E-state index < -0.39 is 12.1 Å². The van der Waals surface area contributed by atoms with Crippen LogP contribution in [-0.2, 0) is 0 Å². The Kier molecular flexibility index (Phi) is 7.69. The fourth-order valence-corrected chi connectivity index (χ4v) is 3.75. The van der Waals surface area contributed by atoms with Crippen molar-refractivity contribution in [1.29, 1.82) is 0 Å². The topological polar surface area (TPSA) is 56.8 Å². The Morgan fingerprint density at radius 2 is 2.00 bits per heavy atom. The average molecular weight is 416 g/mol. The van der Waals surface area contributed by atoms with Gasteiger partial charge in [0.1, 0.15) is 29.0 Å². The molecule has 0 radical (unpaired) electrons. The summed E-state index contributed by atoms with van der Waals surface area (Å²) in [4.78, 5) is 13.1. The molecule has 2 aromatic rings. The molecule has 1 aliphatic heterocycles. The van der Waals surface area contributed by atoms with Crippen LogP contribution in [0.3, 0.4) is 0 Å². The fourth-order valence-electron chi connectivity index (χ4n) is 3.75. The molecular formula is C24H30FNO4. The number of hydrogen-bond acceptors (Lipinski definition) is 5. The Labute approximate surface area is 177 Å². The molecule has 0 aliphatic carbocycles. The molecule has 2 unspecified atom stereocenters. The Hall–Kier alpha value is -2.60. The van der Waals surface area contributed by atoms with Gasteiger partial charge >= 0.3 is 5.97 Å². The van der Waals surface area contributed by atoms with Gasteiger partial charge in [0, 0.05) is 23.7 Å². The summed E-state index contributed by atoms with van der Waals surface area (Å²) in [6.45, 7) is 4.71. The zero-order valence-electron chi connectivity index (χ0n) is 17.9. The first kappa shape index (κ1) is 22.1. The Morgan fingerprint density at radius 3 is 2.63 bits per heavy atom. The van der Waals surface area contributed by atoms with Gasteiger partial charge in [-0.05, 0) is 44.4 Å². The van der Waals surface area contributed by atoms with E-state index in [-0.39, 0.29) is 6.04 Å². The summed E-state index contributed by atoms with van der Waals surface area (Å²) in [6, 6.07) is 10.7. The number of esters is 1. The maximum absolute atomic E-state index is 13.6. The van der Waals surface area contributed by atoms with Crippen molar-refractivity contribution in [2.45, 2.75) is 51.7 Å². The van der Waals surface area contributed by atoms with Gasteiger partial charge in [0.05, 0.1) is 13.7 Å². The summed E-state index contributed by atoms with van der Waals surface area (Å²) < 4.78 is 30.9. The van der Waals surface area contributed by atoms with Crippen LogP contribution < -0.4 is 19.5 Å². The van der Waals surface area contributed by atoms with E-state index in [9.17, 15) is 9.18 Å². The molecule has 0 amide bonds. The lowest BCUT2D eigenvalue weighted by Crippen LogP contribution is -2.34. The monoisotopic (exact) mass is 415 g/mol. The first-order chi connectivity index (χ1) is 14.5. The van der Waals surface area contributed by atoms with E-state index in [0.29, 0.717) is 54.4 Å². The van der Waals surface area contributed by atoms with Gasteiger partial charge in [-0.15, -0.1) is 0 Å². The molecule has 2 atom stereocenters. The molecule has 5 nitrogen and oxygen atoms in total. The number of methoxy groups -OCH3 is 1. The van der Waals surface area contributed by atoms with Crippen LogP contribution >= 0.6 is 0 Å². The summed E-state index contributed by atoms with van der Waals surface area (Å²) in [7, 11) is 1.58. The van der Waals surface area contributed by atoms with Crippen LogP contribution in [0.25, 0.3) is 0 Å². The van der Waals surface area contributed by atoms with Gasteiger partial charge in [-0.2, -0.15) is 0 Å². The Morgan fingerprint density at radius 1 is 1.23 bits per heavy atom. The van der Waals surface area contributed by atoms with E-state index >= 15 is 0 Å². The van der Waals surface area contributed by atoms with Gasteiger partial charge in [-0.25, -0.2) is 9.18 Å². The van der Waals surface area contributed by atoms with Crippen LogP contribution in [0.5, 0.6) is 17.2 Å². The first-order valence-corrected chi connectivity index (χ1v) is 10.5. The number of alkyl halides is 1. The minimum Gasteiger partial charge on any atom is -0.496 e. The van der Waals surface area contributed by atoms with Crippen LogP contribution in [0.1, 0.15) is 60.1 Å². The minimum atomic E-state index is -0.839. The molecule has 1 saturated heterocycles. The fraction of sp³-hybridized carbons (Fsp3) is 0.458. The van der Waals surface area contributed by atoms with Crippen LogP contribution in [0.4, 0.5) is 4.39 Å². The maximum atomic E-state index is 13.6. The predicted molar refractivity (Wildman–Crippen MR) is 114 cm³/mol. The van der Waals surface area contributed by atoms with Gasteiger partial charge in [0.25, 0.3) is 0 Å². The first-order valence-electron chi connectivity index (χ1n) is 10.5. The van der Waals surface area contributed by atoms with E-state index in [0.717, 1.165) is 18.4 Å². The zero-order chi connectivity index (χ0) is 21.5. The highest BCUT2D eigenvalue weighted by atomic mass is 19.1. The van der Waals surface area contributed by atoms with Gasteiger partial charge < -0.3 is 19.5 Å². The largest absolute Gasteiger partial charge is 0.496 e. The van der Waals surface area contributed by atoms with E-state index in [1.54, 1.807) is 19.2 Å². The van der Waals surface area contributed by atoms with E-state index in [1.165, 1.54) is 0 Å². The normalized spacial score (nSPS) is 18.7. The molecule has 0 aromatic heterocycles. The maximum Gasteiger partial charge on any atom is 0.347 e. The minimum absolute atomic E-state index is 0.0571. The number of para-hydroxylation sites is 1. The standard InChI is InChI=1S/C24H30FNO4/c1-4-5-13-29-21-14-19(20-12-11-17(25)15-26-20)23(28-3)16(2)22(21)24(27)30-18-9-7-6-8-10-18/h6-10,14,17,20,26H,4-5,11-13,15H2,1-3H3. The van der Waals surface area contributed by atoms with Gasteiger partial charge in [0.15, 0.2) is 0 Å². The lowest BCUT2D eigenvalue weighted by Gasteiger charge is -2.29. The number of rotatable bonds is 8. The number of hydrogen-bond donors (Lipinski definition) is 1. The lowest BCUT2D eigenvalue weighted by atomic mass is 9.92. The molecule has 2 aromatic carbocycles. The summed E-state index contributed by atoms with van der Waals surface area (Å²) in [5, 5.41) is 3.24. The van der Waals surface area contributed by atoms with Crippen molar-refractivity contribution in [1.82, 2.24) is 5.32 Å². The molecular weight excluding hydrogens is 385 g/mol. The third kappa shape index (κ3) is 5.11. The van der Waals surface area contributed by atoms with Crippen molar-refractivity contribution in [2.24, 2.45) is 0 Å². The number of ether oxygens (including phenoxy) is 3. The van der Waals surface area contributed by atoms with Crippen molar-refractivity contribution >= 4 is 5.97 Å². The van der Waals surface area contributed by atoms with Crippen LogP contribution in [-0.4, -0.2) is 32.4 Å². The van der Waals surface area contributed by atoms with Gasteiger partial charge in [0.2, 0.25) is 0 Å². The molecule has 162 valence electrons. The molecule has 1 heterocycles. The second-order valence-corrected chi connectivity index (χ2v) is 7.54. The molecule has 1 fully saturated rings. The molecule has 0 bridgehead atoms. The van der Waals surface area contributed by atoms with Crippen LogP contribution in [0.15, 0.2) is 36.4 Å². The van der Waals surface area contributed by atoms with Gasteiger partial charge in [-0.3, -0.25) is 0 Å². The molecule has 3 rings (SSSR count). The second-order valence-electron chi connectivity index (χ2n) is 7.54. The average Bonchev–Trinajstić information content (AvgIpc) is 2.75. The van der Waals surface area contributed by atoms with Crippen LogP contribution in [0, 0.1) is 6.92 Å². The number of carbonyl (C=O) groups excluding carboxylic acids is 1. The number of nitrogens with one attached hydrogen (secondary N) is 1. The third-order valence-electron chi connectivity index (χ3n) is 5.36. The molecule has 1 N–H and O–H groups in total. The molecule has 1 aliphatic rings. The van der Waals surface area contributed by atoms with Crippen molar-refractivity contribution in [3.05, 3.63) is 53.1 Å². The summed E-state index contributed by atoms with van der Waals surface area (Å²) in [6.07, 6.45) is 2.16. The third-order valence-corrected chi connectivity index (χ3v) is 5.36. The highest BCUT2D eigenvalue weighted by Gasteiger charge is 2.29. The van der Waals surface area contributed by atoms with Crippen molar-refractivity contribution in [2.75, 3.05) is 20.3 Å². The lowest BCUT2D eigenvalue weighted by molar-refractivity contribution is 0.0728. The van der Waals surface area contributed by atoms with E-state index in [2.05, 4.69) is 12.2 Å². The summed E-state index contributed by atoms with van der Waals surface area (Å²) in [5.74, 6) is 1.05. The number of benzene rings is 2. The molecule has 0 saturated carbocycles. The van der Waals surface area contributed by atoms with Gasteiger partial charge in [-0.1, -0.05) is 31.5 Å². The Balaban J connectivity index is 1.99. The molecule has 6 heteroatoms. The number of piperidine rings is 1. The number of carbonyl (C=O) groups is 1. The molecule has 0 spiro atoms.